The number of halogens is 1. The minimum absolute atomic E-state index is 0.323. The fourth-order valence-corrected chi connectivity index (χ4v) is 3.33. The average Bonchev–Trinajstić information content (AvgIpc) is 3.22. The number of hydrogen-bond donors (Lipinski definition) is 1. The summed E-state index contributed by atoms with van der Waals surface area (Å²) in [6.45, 7) is 3.79. The lowest BCUT2D eigenvalue weighted by Crippen LogP contribution is -2.21. The van der Waals surface area contributed by atoms with Crippen molar-refractivity contribution in [2.45, 2.75) is 19.8 Å². The van der Waals surface area contributed by atoms with Gasteiger partial charge in [0.05, 0.1) is 0 Å². The van der Waals surface area contributed by atoms with Crippen LogP contribution in [-0.2, 0) is 14.3 Å². The van der Waals surface area contributed by atoms with Gasteiger partial charge in [0.25, 0.3) is 5.91 Å². The van der Waals surface area contributed by atoms with E-state index in [9.17, 15) is 9.59 Å². The van der Waals surface area contributed by atoms with Crippen molar-refractivity contribution in [3.05, 3.63) is 64.1 Å². The van der Waals surface area contributed by atoms with Crippen LogP contribution in [-0.4, -0.2) is 31.6 Å². The van der Waals surface area contributed by atoms with E-state index in [1.165, 1.54) is 24.6 Å². The standard InChI is InChI=1S/C22H23BrN2O3/c1-16-14-19(25-12-2-3-13-25)9-10-20(16)24-21(26)15-28-22(27)11-6-17-4-7-18(23)8-5-17/h4-11,14H,2-3,12-13,15H2,1H3,(H,24,26)/b11-6+. The average molecular weight is 443 g/mol. The molecule has 0 radical (unpaired) electrons. The number of carbonyl (C=O) groups excluding carboxylic acids is 2. The van der Waals surface area contributed by atoms with Crippen LogP contribution in [0.15, 0.2) is 53.0 Å². The maximum absolute atomic E-state index is 12.1. The Morgan fingerprint density at radius 1 is 1.14 bits per heavy atom. The summed E-state index contributed by atoms with van der Waals surface area (Å²) in [4.78, 5) is 26.2. The molecular formula is C22H23BrN2O3. The largest absolute Gasteiger partial charge is 0.452 e. The molecule has 0 saturated carbocycles. The van der Waals surface area contributed by atoms with Gasteiger partial charge in [-0.15, -0.1) is 0 Å². The number of nitrogens with one attached hydrogen (secondary N) is 1. The van der Waals surface area contributed by atoms with Crippen molar-refractivity contribution in [1.29, 1.82) is 0 Å². The van der Waals surface area contributed by atoms with Crippen molar-refractivity contribution in [2.24, 2.45) is 0 Å². The Morgan fingerprint density at radius 2 is 1.86 bits per heavy atom. The summed E-state index contributed by atoms with van der Waals surface area (Å²) in [6.07, 6.45) is 5.40. The molecule has 28 heavy (non-hydrogen) atoms. The summed E-state index contributed by atoms with van der Waals surface area (Å²) in [7, 11) is 0. The molecule has 1 N–H and O–H groups in total. The molecule has 0 unspecified atom stereocenters. The molecule has 1 amide bonds. The molecule has 2 aromatic rings. The van der Waals surface area contributed by atoms with Gasteiger partial charge < -0.3 is 15.0 Å². The van der Waals surface area contributed by atoms with Gasteiger partial charge in [0.15, 0.2) is 6.61 Å². The number of esters is 1. The number of benzene rings is 2. The maximum Gasteiger partial charge on any atom is 0.331 e. The molecule has 1 saturated heterocycles. The van der Waals surface area contributed by atoms with Gasteiger partial charge in [-0.25, -0.2) is 4.79 Å². The summed E-state index contributed by atoms with van der Waals surface area (Å²) < 4.78 is 5.98. The Balaban J connectivity index is 1.48. The Labute approximate surface area is 173 Å². The lowest BCUT2D eigenvalue weighted by Gasteiger charge is -2.19. The third-order valence-electron chi connectivity index (χ3n) is 4.58. The Morgan fingerprint density at radius 3 is 2.54 bits per heavy atom. The van der Waals surface area contributed by atoms with Gasteiger partial charge in [-0.3, -0.25) is 4.79 Å². The first-order chi connectivity index (χ1) is 13.5. The van der Waals surface area contributed by atoms with Gasteiger partial charge in [0, 0.05) is 35.0 Å². The van der Waals surface area contributed by atoms with E-state index in [4.69, 9.17) is 4.74 Å². The van der Waals surface area contributed by atoms with Gasteiger partial charge >= 0.3 is 5.97 Å². The summed E-state index contributed by atoms with van der Waals surface area (Å²) >= 11 is 3.36. The van der Waals surface area contributed by atoms with E-state index < -0.39 is 5.97 Å². The third-order valence-corrected chi connectivity index (χ3v) is 5.11. The van der Waals surface area contributed by atoms with Crippen LogP contribution in [0.5, 0.6) is 0 Å². The van der Waals surface area contributed by atoms with E-state index in [0.29, 0.717) is 0 Å². The Kier molecular flexibility index (Phi) is 6.87. The number of rotatable bonds is 6. The van der Waals surface area contributed by atoms with Crippen LogP contribution >= 0.6 is 15.9 Å². The third kappa shape index (κ3) is 5.70. The van der Waals surface area contributed by atoms with E-state index in [-0.39, 0.29) is 12.5 Å². The number of aryl methyl sites for hydroxylation is 1. The molecule has 0 bridgehead atoms. The number of ether oxygens (including phenoxy) is 1. The highest BCUT2D eigenvalue weighted by molar-refractivity contribution is 9.10. The van der Waals surface area contributed by atoms with Crippen LogP contribution in [0.1, 0.15) is 24.0 Å². The molecular weight excluding hydrogens is 420 g/mol. The smallest absolute Gasteiger partial charge is 0.331 e. The summed E-state index contributed by atoms with van der Waals surface area (Å²) in [5.74, 6) is -0.915. The van der Waals surface area contributed by atoms with Crippen molar-refractivity contribution < 1.29 is 14.3 Å². The van der Waals surface area contributed by atoms with E-state index in [1.54, 1.807) is 6.08 Å². The molecule has 1 aliphatic rings. The lowest BCUT2D eigenvalue weighted by molar-refractivity contribution is -0.142. The zero-order valence-corrected chi connectivity index (χ0v) is 17.4. The molecule has 0 aromatic heterocycles. The highest BCUT2D eigenvalue weighted by Gasteiger charge is 2.14. The zero-order chi connectivity index (χ0) is 19.9. The maximum atomic E-state index is 12.1. The van der Waals surface area contributed by atoms with Crippen LogP contribution in [0.2, 0.25) is 0 Å². The second kappa shape index (κ2) is 9.55. The van der Waals surface area contributed by atoms with E-state index in [1.807, 2.05) is 43.3 Å². The van der Waals surface area contributed by atoms with Gasteiger partial charge in [-0.05, 0) is 67.3 Å². The lowest BCUT2D eigenvalue weighted by atomic mass is 10.1. The Bertz CT molecular complexity index is 872. The van der Waals surface area contributed by atoms with Crippen molar-refractivity contribution in [3.8, 4) is 0 Å². The fourth-order valence-electron chi connectivity index (χ4n) is 3.07. The number of nitrogens with zero attached hydrogens (tertiary/aromatic N) is 1. The van der Waals surface area contributed by atoms with Crippen LogP contribution in [0.25, 0.3) is 6.08 Å². The molecule has 0 atom stereocenters. The first kappa shape index (κ1) is 20.1. The van der Waals surface area contributed by atoms with Crippen LogP contribution in [0, 0.1) is 6.92 Å². The monoisotopic (exact) mass is 442 g/mol. The summed E-state index contributed by atoms with van der Waals surface area (Å²) in [5.41, 5.74) is 3.77. The quantitative estimate of drug-likeness (QED) is 0.526. The van der Waals surface area contributed by atoms with Gasteiger partial charge in [0.1, 0.15) is 0 Å². The van der Waals surface area contributed by atoms with E-state index in [0.717, 1.165) is 34.4 Å². The molecule has 2 aromatic carbocycles. The summed E-state index contributed by atoms with van der Waals surface area (Å²) in [6, 6.07) is 13.5. The number of carbonyl (C=O) groups is 2. The molecule has 0 aliphatic carbocycles. The minimum atomic E-state index is -0.556. The van der Waals surface area contributed by atoms with E-state index in [2.05, 4.69) is 32.2 Å². The summed E-state index contributed by atoms with van der Waals surface area (Å²) in [5, 5.41) is 2.80. The predicted molar refractivity (Wildman–Crippen MR) is 115 cm³/mol. The van der Waals surface area contributed by atoms with Gasteiger partial charge in [-0.1, -0.05) is 28.1 Å². The van der Waals surface area contributed by atoms with Crippen LogP contribution < -0.4 is 10.2 Å². The second-order valence-electron chi connectivity index (χ2n) is 6.73. The number of amides is 1. The SMILES string of the molecule is Cc1cc(N2CCCC2)ccc1NC(=O)COC(=O)/C=C/c1ccc(Br)cc1. The molecule has 146 valence electrons. The molecule has 1 fully saturated rings. The molecule has 0 spiro atoms. The second-order valence-corrected chi connectivity index (χ2v) is 7.65. The molecule has 5 nitrogen and oxygen atoms in total. The molecule has 1 heterocycles. The van der Waals surface area contributed by atoms with Crippen molar-refractivity contribution in [2.75, 3.05) is 29.9 Å². The van der Waals surface area contributed by atoms with Crippen molar-refractivity contribution in [1.82, 2.24) is 0 Å². The fraction of sp³-hybridized carbons (Fsp3) is 0.273. The molecule has 6 heteroatoms. The van der Waals surface area contributed by atoms with Crippen molar-refractivity contribution in [3.63, 3.8) is 0 Å². The predicted octanol–water partition coefficient (Wildman–Crippen LogP) is 4.55. The number of hydrogen-bond acceptors (Lipinski definition) is 4. The van der Waals surface area contributed by atoms with Crippen LogP contribution in [0.3, 0.4) is 0 Å². The topological polar surface area (TPSA) is 58.6 Å². The highest BCUT2D eigenvalue weighted by Crippen LogP contribution is 2.25. The first-order valence-electron chi connectivity index (χ1n) is 9.27. The van der Waals surface area contributed by atoms with E-state index >= 15 is 0 Å². The highest BCUT2D eigenvalue weighted by atomic mass is 79.9. The van der Waals surface area contributed by atoms with Gasteiger partial charge in [0.2, 0.25) is 0 Å². The van der Waals surface area contributed by atoms with Crippen LogP contribution in [0.4, 0.5) is 11.4 Å². The Hall–Kier alpha value is -2.60. The number of anilines is 2. The zero-order valence-electron chi connectivity index (χ0n) is 15.8. The molecule has 1 aliphatic heterocycles. The first-order valence-corrected chi connectivity index (χ1v) is 10.1. The normalized spacial score (nSPS) is 13.7. The van der Waals surface area contributed by atoms with Crippen molar-refractivity contribution >= 4 is 45.3 Å². The minimum Gasteiger partial charge on any atom is -0.452 e. The van der Waals surface area contributed by atoms with Gasteiger partial charge in [-0.2, -0.15) is 0 Å². The molecule has 3 rings (SSSR count).